The van der Waals surface area contributed by atoms with Gasteiger partial charge in [-0.1, -0.05) is 12.1 Å². The number of halogens is 1. The van der Waals surface area contributed by atoms with Gasteiger partial charge in [0.05, 0.1) is 12.2 Å². The Morgan fingerprint density at radius 1 is 1.47 bits per heavy atom. The lowest BCUT2D eigenvalue weighted by Gasteiger charge is -1.96. The van der Waals surface area contributed by atoms with Crippen LogP contribution in [-0.4, -0.2) is 21.9 Å². The Morgan fingerprint density at radius 2 is 2.24 bits per heavy atom. The fraction of sp³-hybridized carbons (Fsp3) is 0.182. The van der Waals surface area contributed by atoms with E-state index in [0.29, 0.717) is 0 Å². The van der Waals surface area contributed by atoms with Crippen molar-refractivity contribution in [2.45, 2.75) is 6.92 Å². The highest BCUT2D eigenvalue weighted by Crippen LogP contribution is 2.21. The van der Waals surface area contributed by atoms with Crippen LogP contribution in [-0.2, 0) is 4.74 Å². The average Bonchev–Trinajstić information content (AvgIpc) is 2.79. The summed E-state index contributed by atoms with van der Waals surface area (Å²) >= 11 is 0.899. The average molecular weight is 252 g/mol. The van der Waals surface area contributed by atoms with Crippen molar-refractivity contribution in [2.24, 2.45) is 0 Å². The Morgan fingerprint density at radius 3 is 2.94 bits per heavy atom. The molecule has 88 valence electrons. The van der Waals surface area contributed by atoms with Crippen LogP contribution in [0.25, 0.3) is 11.4 Å². The highest BCUT2D eigenvalue weighted by molar-refractivity contribution is 7.07. The number of carbonyl (C=O) groups excluding carboxylic acids is 1. The summed E-state index contributed by atoms with van der Waals surface area (Å²) in [6, 6.07) is 6.15. The molecule has 0 fully saturated rings. The van der Waals surface area contributed by atoms with Gasteiger partial charge in [-0.2, -0.15) is 4.37 Å². The molecule has 0 saturated heterocycles. The molecular formula is C11H9FN2O2S. The van der Waals surface area contributed by atoms with E-state index in [9.17, 15) is 9.18 Å². The zero-order chi connectivity index (χ0) is 12.3. The highest BCUT2D eigenvalue weighted by Gasteiger charge is 2.16. The van der Waals surface area contributed by atoms with Crippen LogP contribution in [0.5, 0.6) is 0 Å². The molecule has 17 heavy (non-hydrogen) atoms. The maximum atomic E-state index is 13.4. The van der Waals surface area contributed by atoms with E-state index in [0.717, 1.165) is 11.5 Å². The van der Waals surface area contributed by atoms with Gasteiger partial charge in [-0.3, -0.25) is 0 Å². The number of aromatic nitrogens is 2. The van der Waals surface area contributed by atoms with Gasteiger partial charge >= 0.3 is 5.97 Å². The van der Waals surface area contributed by atoms with Gasteiger partial charge in [0.15, 0.2) is 5.82 Å². The highest BCUT2D eigenvalue weighted by atomic mass is 32.1. The molecule has 0 aliphatic carbocycles. The predicted octanol–water partition coefficient (Wildman–Crippen LogP) is 2.52. The molecule has 6 heteroatoms. The smallest absolute Gasteiger partial charge is 0.369 e. The van der Waals surface area contributed by atoms with E-state index < -0.39 is 11.8 Å². The summed E-state index contributed by atoms with van der Waals surface area (Å²) in [5, 5.41) is 0.130. The van der Waals surface area contributed by atoms with E-state index in [-0.39, 0.29) is 23.0 Å². The standard InChI is InChI=1S/C11H9FN2O2S/c1-2-16-11(15)10-13-9(14-17-10)7-5-3-4-6-8(7)12/h3-6H,2H2,1H3. The maximum Gasteiger partial charge on any atom is 0.369 e. The van der Waals surface area contributed by atoms with Crippen molar-refractivity contribution >= 4 is 17.5 Å². The molecule has 0 N–H and O–H groups in total. The Kier molecular flexibility index (Phi) is 3.43. The van der Waals surface area contributed by atoms with Gasteiger partial charge < -0.3 is 4.74 Å². The van der Waals surface area contributed by atoms with Crippen LogP contribution in [0.15, 0.2) is 24.3 Å². The van der Waals surface area contributed by atoms with Crippen molar-refractivity contribution in [3.63, 3.8) is 0 Å². The molecule has 0 atom stereocenters. The molecule has 0 amide bonds. The number of ether oxygens (including phenoxy) is 1. The summed E-state index contributed by atoms with van der Waals surface area (Å²) in [6.45, 7) is 1.98. The number of esters is 1. The van der Waals surface area contributed by atoms with Crippen molar-refractivity contribution < 1.29 is 13.9 Å². The first kappa shape index (κ1) is 11.7. The van der Waals surface area contributed by atoms with E-state index in [4.69, 9.17) is 4.74 Å². The van der Waals surface area contributed by atoms with E-state index >= 15 is 0 Å². The van der Waals surface area contributed by atoms with Gasteiger partial charge in [0.1, 0.15) is 5.82 Å². The van der Waals surface area contributed by atoms with E-state index in [1.54, 1.807) is 25.1 Å². The third kappa shape index (κ3) is 2.47. The SMILES string of the molecule is CCOC(=O)c1nc(-c2ccccc2F)ns1. The molecule has 0 radical (unpaired) electrons. The van der Waals surface area contributed by atoms with Crippen LogP contribution in [0, 0.1) is 5.82 Å². The first-order valence-corrected chi connectivity index (χ1v) is 5.75. The fourth-order valence-electron chi connectivity index (χ4n) is 1.25. The molecule has 2 aromatic rings. The van der Waals surface area contributed by atoms with Crippen LogP contribution in [0.3, 0.4) is 0 Å². The molecule has 1 aromatic carbocycles. The second-order valence-corrected chi connectivity index (χ2v) is 3.88. The zero-order valence-electron chi connectivity index (χ0n) is 9.01. The number of rotatable bonds is 3. The van der Waals surface area contributed by atoms with Gasteiger partial charge in [0.2, 0.25) is 5.01 Å². The third-order valence-electron chi connectivity index (χ3n) is 1.99. The normalized spacial score (nSPS) is 10.2. The topological polar surface area (TPSA) is 52.1 Å². The molecule has 4 nitrogen and oxygen atoms in total. The summed E-state index contributed by atoms with van der Waals surface area (Å²) in [7, 11) is 0. The summed E-state index contributed by atoms with van der Waals surface area (Å²) in [5.41, 5.74) is 0.277. The summed E-state index contributed by atoms with van der Waals surface area (Å²) in [5.74, 6) is -0.746. The van der Waals surface area contributed by atoms with Gasteiger partial charge in [-0.25, -0.2) is 14.2 Å². The van der Waals surface area contributed by atoms with Crippen LogP contribution >= 0.6 is 11.5 Å². The van der Waals surface area contributed by atoms with Crippen molar-refractivity contribution in [3.8, 4) is 11.4 Å². The minimum Gasteiger partial charge on any atom is -0.461 e. The second-order valence-electron chi connectivity index (χ2n) is 3.12. The summed E-state index contributed by atoms with van der Waals surface area (Å²) in [6.07, 6.45) is 0. The van der Waals surface area contributed by atoms with E-state index in [1.165, 1.54) is 6.07 Å². The van der Waals surface area contributed by atoms with Crippen molar-refractivity contribution in [1.82, 2.24) is 9.36 Å². The lowest BCUT2D eigenvalue weighted by molar-refractivity contribution is 0.0526. The van der Waals surface area contributed by atoms with Crippen LogP contribution in [0.1, 0.15) is 16.7 Å². The first-order valence-electron chi connectivity index (χ1n) is 4.98. The first-order chi connectivity index (χ1) is 8.22. The molecule has 0 unspecified atom stereocenters. The van der Waals surface area contributed by atoms with Crippen LogP contribution in [0.4, 0.5) is 4.39 Å². The Hall–Kier alpha value is -1.82. The monoisotopic (exact) mass is 252 g/mol. The number of carbonyl (C=O) groups is 1. The van der Waals surface area contributed by atoms with Gasteiger partial charge in [0.25, 0.3) is 0 Å². The maximum absolute atomic E-state index is 13.4. The Bertz CT molecular complexity index is 542. The predicted molar refractivity (Wildman–Crippen MR) is 61.3 cm³/mol. The molecule has 0 aliphatic heterocycles. The molecular weight excluding hydrogens is 243 g/mol. The minimum absolute atomic E-state index is 0.130. The van der Waals surface area contributed by atoms with Gasteiger partial charge in [0, 0.05) is 0 Å². The lowest BCUT2D eigenvalue weighted by atomic mass is 10.2. The Balaban J connectivity index is 2.30. The number of hydrogen-bond donors (Lipinski definition) is 0. The molecule has 0 spiro atoms. The zero-order valence-corrected chi connectivity index (χ0v) is 9.83. The quantitative estimate of drug-likeness (QED) is 0.788. The van der Waals surface area contributed by atoms with Crippen LogP contribution < -0.4 is 0 Å². The fourth-order valence-corrected chi connectivity index (χ4v) is 1.82. The number of benzene rings is 1. The molecule has 1 aromatic heterocycles. The molecule has 2 rings (SSSR count). The molecule has 0 bridgehead atoms. The van der Waals surface area contributed by atoms with Crippen molar-refractivity contribution in [2.75, 3.05) is 6.61 Å². The summed E-state index contributed by atoms with van der Waals surface area (Å²) < 4.78 is 22.2. The third-order valence-corrected chi connectivity index (χ3v) is 2.69. The largest absolute Gasteiger partial charge is 0.461 e. The van der Waals surface area contributed by atoms with Gasteiger partial charge in [-0.15, -0.1) is 0 Å². The van der Waals surface area contributed by atoms with Crippen LogP contribution in [0.2, 0.25) is 0 Å². The van der Waals surface area contributed by atoms with E-state index in [2.05, 4.69) is 9.36 Å². The Labute approximate surface area is 101 Å². The summed E-state index contributed by atoms with van der Waals surface area (Å²) in [4.78, 5) is 15.3. The second kappa shape index (κ2) is 5.01. The molecule has 1 heterocycles. The number of hydrogen-bond acceptors (Lipinski definition) is 5. The molecule has 0 aliphatic rings. The van der Waals surface area contributed by atoms with Crippen molar-refractivity contribution in [3.05, 3.63) is 35.1 Å². The minimum atomic E-state index is -0.535. The molecule has 0 saturated carbocycles. The lowest BCUT2D eigenvalue weighted by Crippen LogP contribution is -2.03. The van der Waals surface area contributed by atoms with Crippen molar-refractivity contribution in [1.29, 1.82) is 0 Å². The van der Waals surface area contributed by atoms with Gasteiger partial charge in [-0.05, 0) is 30.6 Å². The van der Waals surface area contributed by atoms with E-state index in [1.807, 2.05) is 0 Å². The number of nitrogens with zero attached hydrogens (tertiary/aromatic N) is 2.